The van der Waals surface area contributed by atoms with Crippen molar-refractivity contribution in [2.45, 2.75) is 46.2 Å². The third kappa shape index (κ3) is 3.58. The van der Waals surface area contributed by atoms with Crippen molar-refractivity contribution in [3.05, 3.63) is 45.0 Å². The van der Waals surface area contributed by atoms with Gasteiger partial charge in [0.05, 0.1) is 12.8 Å². The molecule has 2 rings (SSSR count). The predicted molar refractivity (Wildman–Crippen MR) is 90.8 cm³/mol. The van der Waals surface area contributed by atoms with Gasteiger partial charge in [-0.25, -0.2) is 4.79 Å². The molecule has 2 heterocycles. The third-order valence-electron chi connectivity index (χ3n) is 3.72. The number of H-pyrrole nitrogens is 1. The lowest BCUT2D eigenvalue weighted by Crippen LogP contribution is -2.40. The van der Waals surface area contributed by atoms with Crippen LogP contribution in [0, 0.1) is 0 Å². The number of nitrogens with two attached hydrogens (primary N) is 1. The van der Waals surface area contributed by atoms with Gasteiger partial charge in [0, 0.05) is 13.0 Å². The minimum absolute atomic E-state index is 0.00874. The van der Waals surface area contributed by atoms with Crippen LogP contribution in [-0.2, 0) is 17.9 Å². The maximum absolute atomic E-state index is 12.3. The molecular weight excluding hydrogens is 312 g/mol. The van der Waals surface area contributed by atoms with Gasteiger partial charge in [-0.3, -0.25) is 24.0 Å². The van der Waals surface area contributed by atoms with E-state index >= 15 is 0 Å². The zero-order valence-corrected chi connectivity index (χ0v) is 13.9. The number of carbonyl (C=O) groups excluding carboxylic acids is 1. The lowest BCUT2D eigenvalue weighted by Gasteiger charge is -2.23. The van der Waals surface area contributed by atoms with Gasteiger partial charge >= 0.3 is 5.69 Å². The van der Waals surface area contributed by atoms with E-state index < -0.39 is 11.2 Å². The fourth-order valence-corrected chi connectivity index (χ4v) is 2.42. The summed E-state index contributed by atoms with van der Waals surface area (Å²) in [5.41, 5.74) is 4.79. The number of nitrogens with zero attached hydrogens (tertiary/aromatic N) is 2. The lowest BCUT2D eigenvalue weighted by molar-refractivity contribution is -0.118. The average Bonchev–Trinajstić information content (AvgIpc) is 3.06. The number of hydrogen-bond acceptors (Lipinski definition) is 5. The summed E-state index contributed by atoms with van der Waals surface area (Å²) in [7, 11) is 0. The van der Waals surface area contributed by atoms with Crippen LogP contribution in [0.2, 0.25) is 0 Å². The van der Waals surface area contributed by atoms with Crippen molar-refractivity contribution in [1.82, 2.24) is 9.55 Å². The number of rotatable bonds is 7. The van der Waals surface area contributed by atoms with Gasteiger partial charge in [0.2, 0.25) is 5.91 Å². The number of carbonyl (C=O) groups is 1. The van der Waals surface area contributed by atoms with E-state index in [2.05, 4.69) is 4.98 Å². The van der Waals surface area contributed by atoms with Crippen molar-refractivity contribution in [3.63, 3.8) is 0 Å². The Labute approximate surface area is 138 Å². The first-order valence-electron chi connectivity index (χ1n) is 7.94. The molecule has 8 heteroatoms. The van der Waals surface area contributed by atoms with Crippen LogP contribution in [0.15, 0.2) is 32.4 Å². The van der Waals surface area contributed by atoms with Crippen molar-refractivity contribution < 1.29 is 9.21 Å². The number of furan rings is 1. The van der Waals surface area contributed by atoms with Crippen LogP contribution in [0.3, 0.4) is 0 Å². The molecule has 130 valence electrons. The number of hydrogen-bond donors (Lipinski definition) is 2. The van der Waals surface area contributed by atoms with E-state index in [1.54, 1.807) is 19.1 Å². The number of aromatic nitrogens is 2. The Bertz CT molecular complexity index is 804. The first kappa shape index (κ1) is 17.6. The highest BCUT2D eigenvalue weighted by Crippen LogP contribution is 2.20. The molecule has 2 aromatic rings. The maximum Gasteiger partial charge on any atom is 0.330 e. The number of anilines is 2. The Balaban J connectivity index is 2.54. The highest BCUT2D eigenvalue weighted by atomic mass is 16.3. The molecule has 0 spiro atoms. The summed E-state index contributed by atoms with van der Waals surface area (Å²) in [6.07, 6.45) is 3.27. The molecule has 0 saturated heterocycles. The van der Waals surface area contributed by atoms with Crippen molar-refractivity contribution in [2.75, 3.05) is 10.6 Å². The van der Waals surface area contributed by atoms with Crippen LogP contribution in [0.1, 0.15) is 38.9 Å². The van der Waals surface area contributed by atoms with Gasteiger partial charge in [0.1, 0.15) is 11.6 Å². The lowest BCUT2D eigenvalue weighted by atomic mass is 10.2. The van der Waals surface area contributed by atoms with E-state index in [-0.39, 0.29) is 30.4 Å². The molecule has 2 aromatic heterocycles. The zero-order valence-electron chi connectivity index (χ0n) is 13.9. The Morgan fingerprint density at radius 3 is 2.71 bits per heavy atom. The van der Waals surface area contributed by atoms with Gasteiger partial charge in [-0.1, -0.05) is 20.3 Å². The first-order chi connectivity index (χ1) is 11.5. The molecule has 0 fully saturated rings. The summed E-state index contributed by atoms with van der Waals surface area (Å²) >= 11 is 0. The number of aromatic amines is 1. The Kier molecular flexibility index (Phi) is 5.62. The second kappa shape index (κ2) is 7.67. The van der Waals surface area contributed by atoms with Crippen molar-refractivity contribution in [3.8, 4) is 0 Å². The molecule has 1 amide bonds. The zero-order chi connectivity index (χ0) is 17.7. The highest BCUT2D eigenvalue weighted by molar-refractivity contribution is 5.95. The second-order valence-corrected chi connectivity index (χ2v) is 5.41. The van der Waals surface area contributed by atoms with Gasteiger partial charge in [-0.2, -0.15) is 0 Å². The fraction of sp³-hybridized carbons (Fsp3) is 0.438. The minimum atomic E-state index is -0.682. The quantitative estimate of drug-likeness (QED) is 0.795. The molecule has 24 heavy (non-hydrogen) atoms. The van der Waals surface area contributed by atoms with E-state index in [1.165, 1.54) is 15.7 Å². The van der Waals surface area contributed by atoms with Crippen molar-refractivity contribution >= 4 is 17.4 Å². The average molecular weight is 334 g/mol. The van der Waals surface area contributed by atoms with E-state index in [0.717, 1.165) is 12.8 Å². The highest BCUT2D eigenvalue weighted by Gasteiger charge is 2.24. The molecule has 0 unspecified atom stereocenters. The Hall–Kier alpha value is -2.77. The molecule has 0 aliphatic rings. The van der Waals surface area contributed by atoms with Crippen molar-refractivity contribution in [2.24, 2.45) is 0 Å². The summed E-state index contributed by atoms with van der Waals surface area (Å²) in [4.78, 5) is 40.2. The van der Waals surface area contributed by atoms with Crippen LogP contribution in [0.4, 0.5) is 11.5 Å². The van der Waals surface area contributed by atoms with Crippen molar-refractivity contribution in [1.29, 1.82) is 0 Å². The largest absolute Gasteiger partial charge is 0.467 e. The Morgan fingerprint density at radius 1 is 1.38 bits per heavy atom. The standard InChI is InChI=1S/C16H22N4O4/c1-3-5-8-19-14(17)13(15(22)18-16(19)23)20(12(21)4-2)10-11-7-6-9-24-11/h6-7,9H,3-5,8,10,17H2,1-2H3,(H,18,22,23). The number of amides is 1. The molecule has 0 aliphatic carbocycles. The molecule has 0 atom stereocenters. The monoisotopic (exact) mass is 334 g/mol. The molecule has 0 radical (unpaired) electrons. The van der Waals surface area contributed by atoms with E-state index in [4.69, 9.17) is 10.2 Å². The maximum atomic E-state index is 12.3. The van der Waals surface area contributed by atoms with Gasteiger partial charge in [-0.05, 0) is 18.6 Å². The fourth-order valence-electron chi connectivity index (χ4n) is 2.42. The van der Waals surface area contributed by atoms with Gasteiger partial charge < -0.3 is 10.2 Å². The third-order valence-corrected chi connectivity index (χ3v) is 3.72. The van der Waals surface area contributed by atoms with E-state index in [1.807, 2.05) is 6.92 Å². The van der Waals surface area contributed by atoms with Gasteiger partial charge in [-0.15, -0.1) is 0 Å². The number of nitrogens with one attached hydrogen (secondary N) is 1. The first-order valence-corrected chi connectivity index (χ1v) is 7.94. The molecule has 0 saturated carbocycles. The molecule has 8 nitrogen and oxygen atoms in total. The van der Waals surface area contributed by atoms with Crippen LogP contribution < -0.4 is 21.9 Å². The smallest absolute Gasteiger partial charge is 0.330 e. The second-order valence-electron chi connectivity index (χ2n) is 5.41. The summed E-state index contributed by atoms with van der Waals surface area (Å²) in [5.74, 6) is 0.219. The van der Waals surface area contributed by atoms with Gasteiger partial charge in [0.25, 0.3) is 5.56 Å². The summed E-state index contributed by atoms with van der Waals surface area (Å²) in [5, 5.41) is 0. The van der Waals surface area contributed by atoms with Crippen LogP contribution >= 0.6 is 0 Å². The topological polar surface area (TPSA) is 114 Å². The normalized spacial score (nSPS) is 10.8. The minimum Gasteiger partial charge on any atom is -0.467 e. The summed E-state index contributed by atoms with van der Waals surface area (Å²) in [6.45, 7) is 4.12. The number of unbranched alkanes of at least 4 members (excludes halogenated alkanes) is 1. The van der Waals surface area contributed by atoms with Crippen LogP contribution in [0.5, 0.6) is 0 Å². The van der Waals surface area contributed by atoms with E-state index in [0.29, 0.717) is 12.3 Å². The predicted octanol–water partition coefficient (Wildman–Crippen LogP) is 1.46. The van der Waals surface area contributed by atoms with Crippen LogP contribution in [0.25, 0.3) is 0 Å². The summed E-state index contributed by atoms with van der Waals surface area (Å²) in [6, 6.07) is 3.40. The molecule has 0 bridgehead atoms. The number of nitrogen functional groups attached to an aromatic ring is 1. The Morgan fingerprint density at radius 2 is 2.12 bits per heavy atom. The van der Waals surface area contributed by atoms with E-state index in [9.17, 15) is 14.4 Å². The van der Waals surface area contributed by atoms with Crippen LogP contribution in [-0.4, -0.2) is 15.5 Å². The van der Waals surface area contributed by atoms with Gasteiger partial charge in [0.15, 0.2) is 5.69 Å². The molecular formula is C16H22N4O4. The molecule has 3 N–H and O–H groups in total. The summed E-state index contributed by atoms with van der Waals surface area (Å²) < 4.78 is 6.55. The molecule has 0 aliphatic heterocycles. The molecule has 0 aromatic carbocycles. The SMILES string of the molecule is CCCCn1c(N)c(N(Cc2ccco2)C(=O)CC)c(=O)[nH]c1=O.